The Hall–Kier alpha value is -2.27. The lowest BCUT2D eigenvalue weighted by molar-refractivity contribution is -0.122. The highest BCUT2D eigenvalue weighted by molar-refractivity contribution is 7.98. The highest BCUT2D eigenvalue weighted by Gasteiger charge is 2.43. The van der Waals surface area contributed by atoms with Crippen LogP contribution in [0.5, 0.6) is 0 Å². The first kappa shape index (κ1) is 17.2. The van der Waals surface area contributed by atoms with Crippen molar-refractivity contribution in [1.82, 2.24) is 9.97 Å². The van der Waals surface area contributed by atoms with E-state index in [0.717, 1.165) is 46.6 Å². The van der Waals surface area contributed by atoms with Gasteiger partial charge in [0.2, 0.25) is 5.91 Å². The number of carbonyl (C=O) groups excluding carboxylic acids is 1. The standard InChI is InChI=1S/C21H23N3OS/c1-5-10-24-18-12-17-16(11-15(18)21(2,3)20(24)25)22-19(23-17)13-6-8-14(26-4)9-7-13/h6-9,11-12H,5,10H2,1-4H3,(H,22,23). The van der Waals surface area contributed by atoms with Gasteiger partial charge in [0.15, 0.2) is 0 Å². The molecule has 1 aliphatic rings. The van der Waals surface area contributed by atoms with Gasteiger partial charge < -0.3 is 9.88 Å². The van der Waals surface area contributed by atoms with Crippen molar-refractivity contribution in [1.29, 1.82) is 0 Å². The zero-order chi connectivity index (χ0) is 18.5. The highest BCUT2D eigenvalue weighted by atomic mass is 32.2. The van der Waals surface area contributed by atoms with E-state index in [1.165, 1.54) is 4.90 Å². The summed E-state index contributed by atoms with van der Waals surface area (Å²) in [4.78, 5) is 24.2. The summed E-state index contributed by atoms with van der Waals surface area (Å²) < 4.78 is 0. The third-order valence-electron chi connectivity index (χ3n) is 5.15. The molecule has 0 spiro atoms. The predicted octanol–water partition coefficient (Wildman–Crippen LogP) is 4.99. The molecule has 0 bridgehead atoms. The van der Waals surface area contributed by atoms with Crippen molar-refractivity contribution in [3.63, 3.8) is 0 Å². The molecule has 0 atom stereocenters. The molecule has 0 saturated carbocycles. The Morgan fingerprint density at radius 3 is 2.58 bits per heavy atom. The van der Waals surface area contributed by atoms with Crippen LogP contribution in [0.1, 0.15) is 32.8 Å². The molecule has 2 aromatic carbocycles. The average molecular weight is 366 g/mol. The maximum Gasteiger partial charge on any atom is 0.237 e. The molecule has 1 N–H and O–H groups in total. The molecule has 26 heavy (non-hydrogen) atoms. The van der Waals surface area contributed by atoms with E-state index in [9.17, 15) is 4.79 Å². The number of hydrogen-bond acceptors (Lipinski definition) is 3. The molecule has 0 unspecified atom stereocenters. The molecule has 5 heteroatoms. The van der Waals surface area contributed by atoms with Crippen LogP contribution in [-0.4, -0.2) is 28.7 Å². The van der Waals surface area contributed by atoms with Gasteiger partial charge in [-0.2, -0.15) is 0 Å². The van der Waals surface area contributed by atoms with Gasteiger partial charge in [0.05, 0.1) is 22.1 Å². The number of aromatic amines is 1. The lowest BCUT2D eigenvalue weighted by atomic mass is 9.86. The largest absolute Gasteiger partial charge is 0.338 e. The zero-order valence-electron chi connectivity index (χ0n) is 15.6. The monoisotopic (exact) mass is 365 g/mol. The number of nitrogens with zero attached hydrogens (tertiary/aromatic N) is 2. The van der Waals surface area contributed by atoms with Crippen LogP contribution < -0.4 is 4.90 Å². The van der Waals surface area contributed by atoms with Crippen LogP contribution in [0.15, 0.2) is 41.3 Å². The minimum absolute atomic E-state index is 0.176. The number of benzene rings is 2. The molecule has 1 amide bonds. The summed E-state index contributed by atoms with van der Waals surface area (Å²) in [5, 5.41) is 0. The van der Waals surface area contributed by atoms with Crippen LogP contribution in [0, 0.1) is 0 Å². The molecule has 3 aromatic rings. The summed E-state index contributed by atoms with van der Waals surface area (Å²) >= 11 is 1.73. The molecule has 2 heterocycles. The molecule has 0 fully saturated rings. The molecular formula is C21H23N3OS. The molecule has 4 rings (SSSR count). The van der Waals surface area contributed by atoms with E-state index < -0.39 is 5.41 Å². The second-order valence-electron chi connectivity index (χ2n) is 7.28. The Morgan fingerprint density at radius 2 is 1.92 bits per heavy atom. The zero-order valence-corrected chi connectivity index (χ0v) is 16.4. The number of imidazole rings is 1. The molecule has 4 nitrogen and oxygen atoms in total. The number of fused-ring (bicyclic) bond motifs is 2. The average Bonchev–Trinajstić information content (AvgIpc) is 3.14. The van der Waals surface area contributed by atoms with E-state index in [1.54, 1.807) is 11.8 Å². The fourth-order valence-corrected chi connectivity index (χ4v) is 4.07. The quantitative estimate of drug-likeness (QED) is 0.663. The number of aromatic nitrogens is 2. The van der Waals surface area contributed by atoms with Gasteiger partial charge in [0, 0.05) is 17.0 Å². The molecule has 1 aliphatic heterocycles. The SMILES string of the molecule is CCCN1C(=O)C(C)(C)c2cc3nc(-c4ccc(SC)cc4)[nH]c3cc21. The lowest BCUT2D eigenvalue weighted by Crippen LogP contribution is -2.36. The molecular weight excluding hydrogens is 342 g/mol. The van der Waals surface area contributed by atoms with Crippen molar-refractivity contribution in [2.24, 2.45) is 0 Å². The summed E-state index contributed by atoms with van der Waals surface area (Å²) in [5.41, 5.74) is 4.53. The van der Waals surface area contributed by atoms with Crippen LogP contribution in [0.4, 0.5) is 5.69 Å². The normalized spacial score (nSPS) is 15.7. The van der Waals surface area contributed by atoms with Gasteiger partial charge in [-0.3, -0.25) is 4.79 Å². The van der Waals surface area contributed by atoms with E-state index in [2.05, 4.69) is 54.6 Å². The van der Waals surface area contributed by atoms with Crippen molar-refractivity contribution < 1.29 is 4.79 Å². The maximum atomic E-state index is 12.8. The fourth-order valence-electron chi connectivity index (χ4n) is 3.66. The van der Waals surface area contributed by atoms with E-state index in [0.29, 0.717) is 0 Å². The Morgan fingerprint density at radius 1 is 1.19 bits per heavy atom. The van der Waals surface area contributed by atoms with Gasteiger partial charge in [-0.25, -0.2) is 4.98 Å². The Labute approximate surface area is 158 Å². The maximum absolute atomic E-state index is 12.8. The predicted molar refractivity (Wildman–Crippen MR) is 109 cm³/mol. The number of carbonyl (C=O) groups is 1. The van der Waals surface area contributed by atoms with Crippen molar-refractivity contribution >= 4 is 34.4 Å². The summed E-state index contributed by atoms with van der Waals surface area (Å²) in [7, 11) is 0. The first-order valence-corrected chi connectivity index (χ1v) is 10.2. The van der Waals surface area contributed by atoms with E-state index >= 15 is 0 Å². The van der Waals surface area contributed by atoms with Crippen LogP contribution in [-0.2, 0) is 10.2 Å². The minimum atomic E-state index is -0.502. The Kier molecular flexibility index (Phi) is 4.07. The van der Waals surface area contributed by atoms with Crippen molar-refractivity contribution in [2.45, 2.75) is 37.5 Å². The molecule has 134 valence electrons. The smallest absolute Gasteiger partial charge is 0.237 e. The first-order chi connectivity index (χ1) is 12.5. The van der Waals surface area contributed by atoms with E-state index in [1.807, 2.05) is 18.7 Å². The van der Waals surface area contributed by atoms with Crippen LogP contribution >= 0.6 is 11.8 Å². The number of thioether (sulfide) groups is 1. The van der Waals surface area contributed by atoms with Gasteiger partial charge in [0.1, 0.15) is 5.82 Å². The van der Waals surface area contributed by atoms with Gasteiger partial charge in [-0.1, -0.05) is 19.1 Å². The van der Waals surface area contributed by atoms with Crippen LogP contribution in [0.3, 0.4) is 0 Å². The number of nitrogens with one attached hydrogen (secondary N) is 1. The highest BCUT2D eigenvalue weighted by Crippen LogP contribution is 2.43. The Bertz CT molecular complexity index is 988. The van der Waals surface area contributed by atoms with Gasteiger partial charge in [-0.15, -0.1) is 11.8 Å². The number of H-pyrrole nitrogens is 1. The molecule has 1 aromatic heterocycles. The third kappa shape index (κ3) is 2.53. The second kappa shape index (κ2) is 6.16. The Balaban J connectivity index is 1.82. The van der Waals surface area contributed by atoms with Crippen molar-refractivity contribution in [2.75, 3.05) is 17.7 Å². The first-order valence-electron chi connectivity index (χ1n) is 8.96. The number of amides is 1. The van der Waals surface area contributed by atoms with Crippen LogP contribution in [0.2, 0.25) is 0 Å². The fraction of sp³-hybridized carbons (Fsp3) is 0.333. The van der Waals surface area contributed by atoms with Gasteiger partial charge in [-0.05, 0) is 56.4 Å². The van der Waals surface area contributed by atoms with Crippen molar-refractivity contribution in [3.8, 4) is 11.4 Å². The topological polar surface area (TPSA) is 49.0 Å². The van der Waals surface area contributed by atoms with E-state index in [4.69, 9.17) is 4.98 Å². The number of hydrogen-bond donors (Lipinski definition) is 1. The second-order valence-corrected chi connectivity index (χ2v) is 8.16. The summed E-state index contributed by atoms with van der Waals surface area (Å²) in [6.07, 6.45) is 3.01. The summed E-state index contributed by atoms with van der Waals surface area (Å²) in [5.74, 6) is 1.04. The van der Waals surface area contributed by atoms with Gasteiger partial charge >= 0.3 is 0 Å². The number of rotatable bonds is 4. The lowest BCUT2D eigenvalue weighted by Gasteiger charge is -2.19. The molecule has 0 saturated heterocycles. The molecule has 0 radical (unpaired) electrons. The van der Waals surface area contributed by atoms with E-state index in [-0.39, 0.29) is 5.91 Å². The third-order valence-corrected chi connectivity index (χ3v) is 5.90. The van der Waals surface area contributed by atoms with Crippen molar-refractivity contribution in [3.05, 3.63) is 42.0 Å². The minimum Gasteiger partial charge on any atom is -0.338 e. The summed E-state index contributed by atoms with van der Waals surface area (Å²) in [6.45, 7) is 6.86. The van der Waals surface area contributed by atoms with Crippen LogP contribution in [0.25, 0.3) is 22.4 Å². The number of anilines is 1. The molecule has 0 aliphatic carbocycles. The van der Waals surface area contributed by atoms with Gasteiger partial charge in [0.25, 0.3) is 0 Å². The summed E-state index contributed by atoms with van der Waals surface area (Å²) in [6, 6.07) is 12.6.